The van der Waals surface area contributed by atoms with Crippen LogP contribution in [0.4, 0.5) is 11.4 Å². The number of ether oxygens (including phenoxy) is 1. The average Bonchev–Trinajstić information content (AvgIpc) is 2.62. The molecule has 134 valence electrons. The number of nitrogens with zero attached hydrogens (tertiary/aromatic N) is 2. The minimum atomic E-state index is -3.65. The number of anilines is 2. The van der Waals surface area contributed by atoms with Crippen LogP contribution in [0.2, 0.25) is 0 Å². The summed E-state index contributed by atoms with van der Waals surface area (Å²) in [7, 11) is -0.218. The van der Waals surface area contributed by atoms with Gasteiger partial charge < -0.3 is 10.1 Å². The van der Waals surface area contributed by atoms with Crippen LogP contribution in [0.3, 0.4) is 0 Å². The van der Waals surface area contributed by atoms with Crippen molar-refractivity contribution in [1.82, 2.24) is 9.62 Å². The maximum absolute atomic E-state index is 13.3. The lowest BCUT2D eigenvalue weighted by Crippen LogP contribution is -2.46. The van der Waals surface area contributed by atoms with Crippen molar-refractivity contribution in [3.05, 3.63) is 54.1 Å². The molecule has 2 aromatic rings. The molecule has 0 amide bonds. The predicted molar refractivity (Wildman–Crippen MR) is 99.4 cm³/mol. The van der Waals surface area contributed by atoms with Crippen molar-refractivity contribution in [2.75, 3.05) is 31.6 Å². The van der Waals surface area contributed by atoms with Gasteiger partial charge in [0.1, 0.15) is 5.75 Å². The number of methoxy groups -OCH3 is 1. The summed E-state index contributed by atoms with van der Waals surface area (Å²) < 4.78 is 34.7. The largest absolute Gasteiger partial charge is 0.497 e. The first kappa shape index (κ1) is 17.7. The van der Waals surface area contributed by atoms with Crippen molar-refractivity contribution >= 4 is 21.6 Å². The number of fused-ring (bicyclic) bond motifs is 1. The molecule has 0 aliphatic carbocycles. The van der Waals surface area contributed by atoms with E-state index in [-0.39, 0.29) is 0 Å². The summed E-state index contributed by atoms with van der Waals surface area (Å²) in [6, 6.07) is 14.7. The van der Waals surface area contributed by atoms with Crippen LogP contribution in [0, 0.1) is 0 Å². The smallest absolute Gasteiger partial charge is 0.308 e. The van der Waals surface area contributed by atoms with Crippen molar-refractivity contribution in [2.24, 2.45) is 0 Å². The van der Waals surface area contributed by atoms with Gasteiger partial charge in [-0.3, -0.25) is 0 Å². The maximum Gasteiger partial charge on any atom is 0.308 e. The molecular formula is C18H23N3O3S. The highest BCUT2D eigenvalue weighted by Crippen LogP contribution is 2.39. The van der Waals surface area contributed by atoms with E-state index in [1.807, 2.05) is 31.3 Å². The van der Waals surface area contributed by atoms with Gasteiger partial charge in [-0.2, -0.15) is 12.7 Å². The lowest BCUT2D eigenvalue weighted by atomic mass is 10.1. The van der Waals surface area contributed by atoms with E-state index in [1.54, 1.807) is 31.4 Å². The fourth-order valence-electron chi connectivity index (χ4n) is 2.99. The first-order valence-electron chi connectivity index (χ1n) is 8.25. The third-order valence-electron chi connectivity index (χ3n) is 4.24. The van der Waals surface area contributed by atoms with E-state index >= 15 is 0 Å². The maximum atomic E-state index is 13.3. The Morgan fingerprint density at radius 1 is 1.16 bits per heavy atom. The molecule has 0 saturated carbocycles. The number of nitrogens with one attached hydrogen (secondary N) is 1. The van der Waals surface area contributed by atoms with Crippen LogP contribution in [0.25, 0.3) is 0 Å². The molecule has 0 bridgehead atoms. The second kappa shape index (κ2) is 7.43. The molecule has 2 aromatic carbocycles. The molecule has 3 rings (SSSR count). The molecule has 0 atom stereocenters. The molecule has 0 saturated heterocycles. The van der Waals surface area contributed by atoms with E-state index in [2.05, 4.69) is 5.32 Å². The molecular weight excluding hydrogens is 338 g/mol. The highest BCUT2D eigenvalue weighted by molar-refractivity contribution is 7.90. The lowest BCUT2D eigenvalue weighted by Gasteiger charge is -2.37. The zero-order chi connectivity index (χ0) is 17.9. The average molecular weight is 361 g/mol. The van der Waals surface area contributed by atoms with Crippen molar-refractivity contribution in [3.63, 3.8) is 0 Å². The fraction of sp³-hybridized carbons (Fsp3) is 0.333. The zero-order valence-corrected chi connectivity index (χ0v) is 15.3. The molecule has 25 heavy (non-hydrogen) atoms. The Balaban J connectivity index is 2.06. The number of hydrogen-bond donors (Lipinski definition) is 1. The molecule has 6 nitrogen and oxygen atoms in total. The van der Waals surface area contributed by atoms with Gasteiger partial charge in [0.15, 0.2) is 0 Å². The van der Waals surface area contributed by atoms with Crippen LogP contribution in [0.15, 0.2) is 48.5 Å². The standard InChI is InChI=1S/C18H23N3O3S/c1-19-11-6-12-20-14-15-7-3-4-10-18(15)21(25(20,22)23)16-8-5-9-17(13-16)24-2/h3-5,7-10,13,19H,6,11-12,14H2,1-2H3. The van der Waals surface area contributed by atoms with E-state index in [4.69, 9.17) is 4.74 Å². The van der Waals surface area contributed by atoms with Gasteiger partial charge in [-0.25, -0.2) is 4.31 Å². The summed E-state index contributed by atoms with van der Waals surface area (Å²) in [6.45, 7) is 1.63. The number of benzene rings is 2. The van der Waals surface area contributed by atoms with Crippen LogP contribution in [0.1, 0.15) is 12.0 Å². The van der Waals surface area contributed by atoms with Gasteiger partial charge in [0, 0.05) is 19.2 Å². The zero-order valence-electron chi connectivity index (χ0n) is 14.5. The van der Waals surface area contributed by atoms with Crippen molar-refractivity contribution < 1.29 is 13.2 Å². The third kappa shape index (κ3) is 3.49. The van der Waals surface area contributed by atoms with Crippen LogP contribution in [-0.2, 0) is 16.8 Å². The van der Waals surface area contributed by atoms with Crippen molar-refractivity contribution in [1.29, 1.82) is 0 Å². The van der Waals surface area contributed by atoms with E-state index in [9.17, 15) is 8.42 Å². The van der Waals surface area contributed by atoms with Crippen LogP contribution < -0.4 is 14.4 Å². The van der Waals surface area contributed by atoms with Crippen LogP contribution >= 0.6 is 0 Å². The van der Waals surface area contributed by atoms with Gasteiger partial charge in [-0.15, -0.1) is 0 Å². The lowest BCUT2D eigenvalue weighted by molar-refractivity contribution is 0.392. The number of hydrogen-bond acceptors (Lipinski definition) is 4. The second-order valence-electron chi connectivity index (χ2n) is 5.89. The number of para-hydroxylation sites is 1. The van der Waals surface area contributed by atoms with Crippen molar-refractivity contribution in [3.8, 4) is 5.75 Å². The Morgan fingerprint density at radius 2 is 1.96 bits per heavy atom. The summed E-state index contributed by atoms with van der Waals surface area (Å²) in [6.07, 6.45) is 0.754. The van der Waals surface area contributed by atoms with Crippen LogP contribution in [0.5, 0.6) is 5.75 Å². The normalized spacial score (nSPS) is 16.5. The molecule has 0 unspecified atom stereocenters. The number of rotatable bonds is 6. The SMILES string of the molecule is CNCCCN1Cc2ccccc2N(c2cccc(OC)c2)S1(=O)=O. The summed E-state index contributed by atoms with van der Waals surface area (Å²) >= 11 is 0. The molecule has 1 N–H and O–H groups in total. The Bertz CT molecular complexity index is 839. The molecule has 7 heteroatoms. The first-order valence-corrected chi connectivity index (χ1v) is 9.64. The molecule has 0 aromatic heterocycles. The topological polar surface area (TPSA) is 61.9 Å². The predicted octanol–water partition coefficient (Wildman–Crippen LogP) is 2.50. The van der Waals surface area contributed by atoms with Gasteiger partial charge in [-0.05, 0) is 43.8 Å². The summed E-state index contributed by atoms with van der Waals surface area (Å²) in [5.74, 6) is 0.623. The minimum Gasteiger partial charge on any atom is -0.497 e. The fourth-order valence-corrected chi connectivity index (χ4v) is 4.69. The minimum absolute atomic E-state index is 0.392. The third-order valence-corrected chi connectivity index (χ3v) is 6.07. The van der Waals surface area contributed by atoms with E-state index in [0.29, 0.717) is 30.2 Å². The molecule has 0 radical (unpaired) electrons. The Kier molecular flexibility index (Phi) is 5.27. The second-order valence-corrected chi connectivity index (χ2v) is 7.67. The summed E-state index contributed by atoms with van der Waals surface area (Å²) in [5.41, 5.74) is 2.26. The molecule has 1 aliphatic heterocycles. The quantitative estimate of drug-likeness (QED) is 0.803. The first-order chi connectivity index (χ1) is 12.1. The van der Waals surface area contributed by atoms with Gasteiger partial charge in [-0.1, -0.05) is 24.3 Å². The molecule has 0 fully saturated rings. The highest BCUT2D eigenvalue weighted by Gasteiger charge is 2.37. The highest BCUT2D eigenvalue weighted by atomic mass is 32.2. The van der Waals surface area contributed by atoms with Crippen LogP contribution in [-0.4, -0.2) is 40.0 Å². The Hall–Kier alpha value is -2.09. The monoisotopic (exact) mass is 361 g/mol. The van der Waals surface area contributed by atoms with Gasteiger partial charge >= 0.3 is 10.2 Å². The van der Waals surface area contributed by atoms with E-state index in [1.165, 1.54) is 8.61 Å². The summed E-state index contributed by atoms with van der Waals surface area (Å²) in [4.78, 5) is 0. The van der Waals surface area contributed by atoms with E-state index < -0.39 is 10.2 Å². The van der Waals surface area contributed by atoms with E-state index in [0.717, 1.165) is 18.5 Å². The molecule has 1 heterocycles. The Labute approximate surface area is 149 Å². The van der Waals surface area contributed by atoms with Gasteiger partial charge in [0.25, 0.3) is 0 Å². The van der Waals surface area contributed by atoms with Gasteiger partial charge in [0.05, 0.1) is 18.5 Å². The summed E-state index contributed by atoms with van der Waals surface area (Å²) in [5, 5.41) is 3.06. The van der Waals surface area contributed by atoms with Crippen molar-refractivity contribution in [2.45, 2.75) is 13.0 Å². The molecule has 0 spiro atoms. The Morgan fingerprint density at radius 3 is 2.72 bits per heavy atom. The molecule has 1 aliphatic rings. The van der Waals surface area contributed by atoms with Gasteiger partial charge in [0.2, 0.25) is 0 Å².